The Kier molecular flexibility index (Phi) is 3.45. The van der Waals surface area contributed by atoms with Crippen molar-refractivity contribution in [2.24, 2.45) is 0 Å². The van der Waals surface area contributed by atoms with Crippen LogP contribution >= 0.6 is 11.3 Å². The van der Waals surface area contributed by atoms with Crippen LogP contribution in [-0.2, 0) is 0 Å². The van der Waals surface area contributed by atoms with Crippen LogP contribution in [-0.4, -0.2) is 20.4 Å². The van der Waals surface area contributed by atoms with E-state index in [1.54, 1.807) is 23.6 Å². The Hall–Kier alpha value is -2.47. The maximum atomic E-state index is 14.4. The molecule has 4 nitrogen and oxygen atoms in total. The molecule has 25 heavy (non-hydrogen) atoms. The van der Waals surface area contributed by atoms with Crippen molar-refractivity contribution in [1.29, 1.82) is 0 Å². The fourth-order valence-corrected chi connectivity index (χ4v) is 4.70. The van der Waals surface area contributed by atoms with Crippen molar-refractivity contribution >= 4 is 32.3 Å². The van der Waals surface area contributed by atoms with Crippen LogP contribution in [0.15, 0.2) is 42.7 Å². The number of pyridine rings is 1. The molecule has 1 aliphatic carbocycles. The van der Waals surface area contributed by atoms with Crippen molar-refractivity contribution in [3.63, 3.8) is 0 Å². The van der Waals surface area contributed by atoms with Gasteiger partial charge in [0.25, 0.3) is 0 Å². The number of benzene rings is 1. The second-order valence-corrected chi connectivity index (χ2v) is 7.49. The molecule has 0 amide bonds. The highest BCUT2D eigenvalue weighted by Gasteiger charge is 2.24. The van der Waals surface area contributed by atoms with Crippen LogP contribution in [0.1, 0.15) is 25.7 Å². The molecule has 0 aliphatic heterocycles. The first-order valence-corrected chi connectivity index (χ1v) is 9.39. The number of nitrogens with zero attached hydrogens (tertiary/aromatic N) is 3. The molecule has 1 saturated carbocycles. The Morgan fingerprint density at radius 1 is 1.16 bits per heavy atom. The molecule has 1 aliphatic rings. The van der Waals surface area contributed by atoms with Gasteiger partial charge in [-0.25, -0.2) is 9.37 Å². The number of thiazole rings is 1. The normalized spacial score (nSPS) is 15.4. The first kappa shape index (κ1) is 14.8. The number of anilines is 1. The van der Waals surface area contributed by atoms with Gasteiger partial charge in [-0.3, -0.25) is 9.38 Å². The molecule has 1 aromatic carbocycles. The third-order valence-electron chi connectivity index (χ3n) is 4.88. The van der Waals surface area contributed by atoms with Gasteiger partial charge in [-0.15, -0.1) is 0 Å². The van der Waals surface area contributed by atoms with Gasteiger partial charge in [0.2, 0.25) is 0 Å². The minimum atomic E-state index is -0.341. The van der Waals surface area contributed by atoms with Gasteiger partial charge < -0.3 is 5.32 Å². The zero-order valence-electron chi connectivity index (χ0n) is 13.6. The lowest BCUT2D eigenvalue weighted by Crippen LogP contribution is -2.16. The topological polar surface area (TPSA) is 42.2 Å². The van der Waals surface area contributed by atoms with E-state index in [2.05, 4.69) is 26.8 Å². The molecule has 0 atom stereocenters. The second kappa shape index (κ2) is 5.81. The van der Waals surface area contributed by atoms with Gasteiger partial charge in [-0.1, -0.05) is 36.3 Å². The number of para-hydroxylation sites is 1. The van der Waals surface area contributed by atoms with E-state index in [0.717, 1.165) is 29.1 Å². The van der Waals surface area contributed by atoms with Crippen molar-refractivity contribution in [2.45, 2.75) is 31.7 Å². The van der Waals surface area contributed by atoms with Gasteiger partial charge in [0, 0.05) is 17.8 Å². The molecule has 1 fully saturated rings. The molecule has 0 radical (unpaired) electrons. The smallest absolute Gasteiger partial charge is 0.197 e. The summed E-state index contributed by atoms with van der Waals surface area (Å²) in [5.74, 6) is 0.552. The standard InChI is InChI=1S/C19H17FN4S/c20-14-11-21-10-9-13(14)17-18(22-12-5-1-2-6-12)24-15-7-3-4-8-16(15)25-19(24)23-17/h3-4,7-12,22H,1-2,5-6H2. The number of hydrogen-bond donors (Lipinski definition) is 1. The summed E-state index contributed by atoms with van der Waals surface area (Å²) in [7, 11) is 0. The lowest BCUT2D eigenvalue weighted by molar-refractivity contribution is 0.624. The van der Waals surface area contributed by atoms with E-state index in [-0.39, 0.29) is 5.82 Å². The predicted octanol–water partition coefficient (Wildman–Crippen LogP) is 5.10. The summed E-state index contributed by atoms with van der Waals surface area (Å²) in [6.45, 7) is 0. The molecule has 0 unspecified atom stereocenters. The number of imidazole rings is 1. The highest BCUT2D eigenvalue weighted by Crippen LogP contribution is 2.38. The first-order chi connectivity index (χ1) is 12.3. The van der Waals surface area contributed by atoms with Gasteiger partial charge in [0.1, 0.15) is 11.5 Å². The zero-order valence-corrected chi connectivity index (χ0v) is 14.4. The summed E-state index contributed by atoms with van der Waals surface area (Å²) in [5, 5.41) is 3.66. The maximum Gasteiger partial charge on any atom is 0.197 e. The van der Waals surface area contributed by atoms with Crippen molar-refractivity contribution in [3.8, 4) is 11.3 Å². The number of rotatable bonds is 3. The summed E-state index contributed by atoms with van der Waals surface area (Å²) in [6, 6.07) is 10.4. The number of halogens is 1. The SMILES string of the molecule is Fc1cnccc1-c1nc2sc3ccccc3n2c1NC1CCCC1. The van der Waals surface area contributed by atoms with Crippen LogP contribution in [0.2, 0.25) is 0 Å². The van der Waals surface area contributed by atoms with Gasteiger partial charge in [-0.05, 0) is 31.0 Å². The Bertz CT molecular complexity index is 1060. The lowest BCUT2D eigenvalue weighted by Gasteiger charge is -2.15. The molecular weight excluding hydrogens is 335 g/mol. The molecule has 5 rings (SSSR count). The van der Waals surface area contributed by atoms with E-state index >= 15 is 0 Å². The quantitative estimate of drug-likeness (QED) is 0.557. The predicted molar refractivity (Wildman–Crippen MR) is 99.6 cm³/mol. The zero-order chi connectivity index (χ0) is 16.8. The number of fused-ring (bicyclic) bond motifs is 3. The molecule has 126 valence electrons. The lowest BCUT2D eigenvalue weighted by atomic mass is 10.1. The van der Waals surface area contributed by atoms with E-state index in [0.29, 0.717) is 17.3 Å². The van der Waals surface area contributed by atoms with E-state index in [1.807, 2.05) is 12.1 Å². The summed E-state index contributed by atoms with van der Waals surface area (Å²) in [5.41, 5.74) is 2.27. The molecule has 0 spiro atoms. The molecular formula is C19H17FN4S. The van der Waals surface area contributed by atoms with Gasteiger partial charge >= 0.3 is 0 Å². The van der Waals surface area contributed by atoms with Gasteiger partial charge in [0.15, 0.2) is 10.8 Å². The van der Waals surface area contributed by atoms with Crippen LogP contribution in [0.5, 0.6) is 0 Å². The number of aromatic nitrogens is 3. The minimum Gasteiger partial charge on any atom is -0.367 e. The number of hydrogen-bond acceptors (Lipinski definition) is 4. The van der Waals surface area contributed by atoms with E-state index in [9.17, 15) is 4.39 Å². The number of nitrogens with one attached hydrogen (secondary N) is 1. The van der Waals surface area contributed by atoms with Crippen LogP contribution in [0, 0.1) is 5.82 Å². The molecule has 0 saturated heterocycles. The Morgan fingerprint density at radius 2 is 2.00 bits per heavy atom. The second-order valence-electron chi connectivity index (χ2n) is 6.48. The highest BCUT2D eigenvalue weighted by atomic mass is 32.1. The van der Waals surface area contributed by atoms with Crippen LogP contribution in [0.25, 0.3) is 26.4 Å². The molecule has 3 aromatic heterocycles. The Balaban J connectivity index is 1.77. The van der Waals surface area contributed by atoms with Gasteiger partial charge in [0.05, 0.1) is 16.4 Å². The third-order valence-corrected chi connectivity index (χ3v) is 5.90. The molecule has 4 aromatic rings. The Morgan fingerprint density at radius 3 is 2.84 bits per heavy atom. The largest absolute Gasteiger partial charge is 0.367 e. The van der Waals surface area contributed by atoms with Crippen molar-refractivity contribution in [3.05, 3.63) is 48.5 Å². The average molecular weight is 352 g/mol. The third kappa shape index (κ3) is 2.40. The highest BCUT2D eigenvalue weighted by molar-refractivity contribution is 7.23. The first-order valence-electron chi connectivity index (χ1n) is 8.57. The minimum absolute atomic E-state index is 0.341. The van der Waals surface area contributed by atoms with Crippen molar-refractivity contribution in [2.75, 3.05) is 5.32 Å². The van der Waals surface area contributed by atoms with E-state index < -0.39 is 0 Å². The molecule has 3 heterocycles. The fourth-order valence-electron chi connectivity index (χ4n) is 3.67. The molecule has 1 N–H and O–H groups in total. The van der Waals surface area contributed by atoms with Crippen molar-refractivity contribution in [1.82, 2.24) is 14.4 Å². The summed E-state index contributed by atoms with van der Waals surface area (Å²) >= 11 is 1.63. The summed E-state index contributed by atoms with van der Waals surface area (Å²) < 4.78 is 17.7. The van der Waals surface area contributed by atoms with Crippen molar-refractivity contribution < 1.29 is 4.39 Å². The average Bonchev–Trinajstić information content (AvgIpc) is 3.32. The van der Waals surface area contributed by atoms with Crippen LogP contribution in [0.3, 0.4) is 0 Å². The van der Waals surface area contributed by atoms with Crippen LogP contribution < -0.4 is 5.32 Å². The van der Waals surface area contributed by atoms with Gasteiger partial charge in [-0.2, -0.15) is 0 Å². The molecule has 6 heteroatoms. The van der Waals surface area contributed by atoms with E-state index in [1.165, 1.54) is 23.7 Å². The fraction of sp³-hybridized carbons (Fsp3) is 0.263. The summed E-state index contributed by atoms with van der Waals surface area (Å²) in [6.07, 6.45) is 7.64. The van der Waals surface area contributed by atoms with E-state index in [4.69, 9.17) is 4.98 Å². The Labute approximate surface area is 148 Å². The monoisotopic (exact) mass is 352 g/mol. The summed E-state index contributed by atoms with van der Waals surface area (Å²) in [4.78, 5) is 9.52. The molecule has 0 bridgehead atoms. The van der Waals surface area contributed by atoms with Crippen LogP contribution in [0.4, 0.5) is 10.2 Å². The maximum absolute atomic E-state index is 14.4.